The number of nitrogens with one attached hydrogen (secondary N) is 2. The van der Waals surface area contributed by atoms with Crippen molar-refractivity contribution in [1.29, 1.82) is 0 Å². The van der Waals surface area contributed by atoms with Crippen LogP contribution < -0.4 is 15.6 Å². The lowest BCUT2D eigenvalue weighted by Crippen LogP contribution is -2.42. The van der Waals surface area contributed by atoms with Gasteiger partial charge in [-0.1, -0.05) is 6.07 Å². The van der Waals surface area contributed by atoms with E-state index in [1.54, 1.807) is 0 Å². The van der Waals surface area contributed by atoms with Gasteiger partial charge in [-0.2, -0.15) is 0 Å². The number of hydrogen-bond acceptors (Lipinski definition) is 5. The second-order valence-corrected chi connectivity index (χ2v) is 8.44. The van der Waals surface area contributed by atoms with Crippen LogP contribution in [0.5, 0.6) is 5.75 Å². The molecule has 1 saturated carbocycles. The fraction of sp³-hybridized carbons (Fsp3) is 0.381. The Labute approximate surface area is 184 Å². The van der Waals surface area contributed by atoms with Gasteiger partial charge in [-0.3, -0.25) is 14.7 Å². The molecule has 2 aromatic heterocycles. The number of aliphatic hydroxyl groups is 1. The number of fused-ring (bicyclic) bond motifs is 1. The first-order valence-electron chi connectivity index (χ1n) is 10.0. The normalized spacial score (nSPS) is 15.5. The van der Waals surface area contributed by atoms with E-state index in [0.717, 1.165) is 35.6 Å². The number of amides is 1. The van der Waals surface area contributed by atoms with Gasteiger partial charge in [0.1, 0.15) is 5.56 Å². The number of benzene rings is 1. The molecule has 0 radical (unpaired) electrons. The number of nitrogens with zero attached hydrogens (tertiary/aromatic N) is 2. The highest BCUT2D eigenvalue weighted by atomic mass is 19.4. The van der Waals surface area contributed by atoms with E-state index in [9.17, 15) is 32.3 Å². The highest BCUT2D eigenvalue weighted by molar-refractivity contribution is 5.99. The molecule has 0 unspecified atom stereocenters. The molecule has 1 amide bonds. The van der Waals surface area contributed by atoms with Crippen LogP contribution in [0.15, 0.2) is 35.3 Å². The Morgan fingerprint density at radius 2 is 2.00 bits per heavy atom. The molecule has 3 N–H and O–H groups in total. The van der Waals surface area contributed by atoms with Gasteiger partial charge in [0.2, 0.25) is 0 Å². The molecule has 1 fully saturated rings. The molecule has 1 aliphatic carbocycles. The number of hydrogen-bond donors (Lipinski definition) is 3. The van der Waals surface area contributed by atoms with Gasteiger partial charge in [0.05, 0.1) is 17.3 Å². The van der Waals surface area contributed by atoms with Crippen LogP contribution in [0.3, 0.4) is 0 Å². The zero-order valence-electron chi connectivity index (χ0n) is 17.5. The summed E-state index contributed by atoms with van der Waals surface area (Å²) in [6.45, 7) is 2.69. The fourth-order valence-corrected chi connectivity index (χ4v) is 3.54. The van der Waals surface area contributed by atoms with Gasteiger partial charge in [0.15, 0.2) is 17.2 Å². The number of halogens is 4. The maximum atomic E-state index is 14.2. The smallest absolute Gasteiger partial charge is 0.403 e. The van der Waals surface area contributed by atoms with E-state index in [2.05, 4.69) is 20.1 Å². The zero-order valence-corrected chi connectivity index (χ0v) is 17.5. The number of carbonyl (C=O) groups excluding carboxylic acids is 1. The Hall–Kier alpha value is -3.41. The molecule has 0 saturated heterocycles. The van der Waals surface area contributed by atoms with Crippen LogP contribution in [-0.4, -0.2) is 37.6 Å². The average molecular weight is 468 g/mol. The van der Waals surface area contributed by atoms with E-state index >= 15 is 0 Å². The first kappa shape index (κ1) is 22.8. The van der Waals surface area contributed by atoms with Gasteiger partial charge in [0.25, 0.3) is 11.5 Å². The summed E-state index contributed by atoms with van der Waals surface area (Å²) in [6.07, 6.45) is -2.01. The lowest BCUT2D eigenvalue weighted by molar-refractivity contribution is -0.275. The minimum atomic E-state index is -5.08. The fourth-order valence-electron chi connectivity index (χ4n) is 3.54. The first-order valence-corrected chi connectivity index (χ1v) is 10.0. The van der Waals surface area contributed by atoms with E-state index in [-0.39, 0.29) is 28.3 Å². The molecular formula is C21H20F4N4O4. The maximum absolute atomic E-state index is 14.2. The lowest BCUT2D eigenvalue weighted by atomic mass is 9.91. The highest BCUT2D eigenvalue weighted by Gasteiger charge is 2.35. The van der Waals surface area contributed by atoms with Gasteiger partial charge in [-0.15, -0.1) is 13.2 Å². The summed E-state index contributed by atoms with van der Waals surface area (Å²) in [7, 11) is 0. The van der Waals surface area contributed by atoms with Crippen molar-refractivity contribution in [2.24, 2.45) is 0 Å². The van der Waals surface area contributed by atoms with E-state index in [1.165, 1.54) is 26.1 Å². The molecule has 2 heterocycles. The predicted molar refractivity (Wildman–Crippen MR) is 107 cm³/mol. The number of carbonyl (C=O) groups is 1. The van der Waals surface area contributed by atoms with Crippen molar-refractivity contribution in [3.63, 3.8) is 0 Å². The summed E-state index contributed by atoms with van der Waals surface area (Å²) in [4.78, 5) is 29.8. The van der Waals surface area contributed by atoms with Crippen molar-refractivity contribution in [3.05, 3.63) is 63.5 Å². The Morgan fingerprint density at radius 3 is 2.58 bits per heavy atom. The number of aromatic nitrogens is 3. The molecule has 4 rings (SSSR count). The van der Waals surface area contributed by atoms with Crippen LogP contribution in [0.25, 0.3) is 5.65 Å². The molecule has 0 bridgehead atoms. The van der Waals surface area contributed by atoms with Crippen molar-refractivity contribution >= 4 is 11.6 Å². The molecule has 1 atom stereocenters. The number of alkyl halides is 3. The second-order valence-electron chi connectivity index (χ2n) is 8.44. The lowest BCUT2D eigenvalue weighted by Gasteiger charge is -2.30. The number of aromatic amines is 1. The Kier molecular flexibility index (Phi) is 5.43. The average Bonchev–Trinajstić information content (AvgIpc) is 3.45. The van der Waals surface area contributed by atoms with E-state index in [0.29, 0.717) is 5.69 Å². The molecule has 3 aromatic rings. The third kappa shape index (κ3) is 4.85. The van der Waals surface area contributed by atoms with Crippen LogP contribution >= 0.6 is 0 Å². The molecule has 176 valence electrons. The molecule has 1 aromatic carbocycles. The van der Waals surface area contributed by atoms with Gasteiger partial charge in [-0.05, 0) is 44.4 Å². The van der Waals surface area contributed by atoms with Crippen LogP contribution in [0.1, 0.15) is 60.3 Å². The largest absolute Gasteiger partial charge is 0.573 e. The minimum Gasteiger partial charge on any atom is -0.403 e. The van der Waals surface area contributed by atoms with Gasteiger partial charge in [-0.25, -0.2) is 13.9 Å². The van der Waals surface area contributed by atoms with Crippen molar-refractivity contribution in [3.8, 4) is 5.75 Å². The summed E-state index contributed by atoms with van der Waals surface area (Å²) < 4.78 is 56.2. The number of ether oxygens (including phenoxy) is 1. The van der Waals surface area contributed by atoms with Crippen molar-refractivity contribution in [2.45, 2.75) is 50.6 Å². The zero-order chi connectivity index (χ0) is 24.1. The summed E-state index contributed by atoms with van der Waals surface area (Å²) in [5.41, 5.74) is -1.33. The van der Waals surface area contributed by atoms with Gasteiger partial charge in [0, 0.05) is 18.2 Å². The SMILES string of the molecule is CC(C)(O)[C@@H](NC(=O)c1c[nH]n2c(=O)cc(C3CC3)nc12)c1ccc(OC(F)(F)F)c(F)c1. The van der Waals surface area contributed by atoms with Gasteiger partial charge >= 0.3 is 6.36 Å². The van der Waals surface area contributed by atoms with Crippen LogP contribution in [0, 0.1) is 5.82 Å². The third-order valence-electron chi connectivity index (χ3n) is 5.25. The van der Waals surface area contributed by atoms with E-state index < -0.39 is 35.5 Å². The summed E-state index contributed by atoms with van der Waals surface area (Å²) in [6, 6.07) is 2.80. The van der Waals surface area contributed by atoms with Crippen LogP contribution in [0.4, 0.5) is 17.6 Å². The molecule has 0 aliphatic heterocycles. The molecular weight excluding hydrogens is 448 g/mol. The molecule has 1 aliphatic rings. The standard InChI is InChI=1S/C21H20F4N4O4/c1-20(2,32)17(11-5-6-15(13(22)7-11)33-21(23,24)25)28-19(31)12-9-26-29-16(30)8-14(10-3-4-10)27-18(12)29/h5-10,17,26,32H,3-4H2,1-2H3,(H,28,31)/t17-/m0/s1. The molecule has 0 spiro atoms. The molecule has 12 heteroatoms. The summed E-state index contributed by atoms with van der Waals surface area (Å²) in [5, 5.41) is 15.8. The predicted octanol–water partition coefficient (Wildman–Crippen LogP) is 3.18. The molecule has 8 nitrogen and oxygen atoms in total. The Bertz CT molecular complexity index is 1270. The van der Waals surface area contributed by atoms with Crippen molar-refractivity contribution in [1.82, 2.24) is 19.9 Å². The van der Waals surface area contributed by atoms with E-state index in [4.69, 9.17) is 0 Å². The van der Waals surface area contributed by atoms with Gasteiger partial charge < -0.3 is 15.2 Å². The quantitative estimate of drug-likeness (QED) is 0.482. The topological polar surface area (TPSA) is 109 Å². The third-order valence-corrected chi connectivity index (χ3v) is 5.25. The minimum absolute atomic E-state index is 0.00603. The monoisotopic (exact) mass is 468 g/mol. The molecule has 33 heavy (non-hydrogen) atoms. The van der Waals surface area contributed by atoms with Crippen molar-refractivity contribution < 1.29 is 32.2 Å². The number of rotatable bonds is 6. The number of H-pyrrole nitrogens is 1. The highest BCUT2D eigenvalue weighted by Crippen LogP contribution is 2.38. The van der Waals surface area contributed by atoms with Crippen molar-refractivity contribution in [2.75, 3.05) is 0 Å². The Morgan fingerprint density at radius 1 is 1.30 bits per heavy atom. The van der Waals surface area contributed by atoms with Crippen LogP contribution in [0.2, 0.25) is 0 Å². The van der Waals surface area contributed by atoms with Crippen LogP contribution in [-0.2, 0) is 0 Å². The second kappa shape index (κ2) is 7.87. The Balaban J connectivity index is 1.66. The first-order chi connectivity index (χ1) is 15.3. The summed E-state index contributed by atoms with van der Waals surface area (Å²) in [5.74, 6) is -2.92. The maximum Gasteiger partial charge on any atom is 0.573 e. The van der Waals surface area contributed by atoms with E-state index in [1.807, 2.05) is 0 Å². The summed E-state index contributed by atoms with van der Waals surface area (Å²) >= 11 is 0.